The van der Waals surface area contributed by atoms with Crippen LogP contribution in [-0.2, 0) is 6.42 Å². The number of halogens is 2. The summed E-state index contributed by atoms with van der Waals surface area (Å²) in [5, 5.41) is 0. The lowest BCUT2D eigenvalue weighted by Gasteiger charge is -2.03. The minimum atomic E-state index is 0.749. The molecule has 0 bridgehead atoms. The molecule has 1 nitrogen and oxygen atoms in total. The van der Waals surface area contributed by atoms with Crippen LogP contribution < -0.4 is 5.73 Å². The van der Waals surface area contributed by atoms with Gasteiger partial charge in [-0.1, -0.05) is 31.9 Å². The molecule has 0 aliphatic heterocycles. The van der Waals surface area contributed by atoms with Crippen LogP contribution in [-0.4, -0.2) is 6.54 Å². The molecule has 0 aromatic heterocycles. The Bertz CT molecular complexity index is 261. The summed E-state index contributed by atoms with van der Waals surface area (Å²) in [6.07, 6.45) is 2.07. The lowest BCUT2D eigenvalue weighted by molar-refractivity contribution is 0.829. The first-order chi connectivity index (χ1) is 5.74. The maximum atomic E-state index is 5.44. The Morgan fingerprint density at radius 2 is 2.00 bits per heavy atom. The second-order valence-corrected chi connectivity index (χ2v) is 4.40. The minimum Gasteiger partial charge on any atom is -0.330 e. The SMILES string of the molecule is NCCCc1cc(Br)ccc1Br. The third-order valence-corrected chi connectivity index (χ3v) is 2.92. The van der Waals surface area contributed by atoms with Crippen LogP contribution in [0.4, 0.5) is 0 Å². The molecule has 66 valence electrons. The molecule has 0 amide bonds. The van der Waals surface area contributed by atoms with E-state index in [2.05, 4.69) is 44.0 Å². The van der Waals surface area contributed by atoms with Crippen molar-refractivity contribution in [2.24, 2.45) is 5.73 Å². The van der Waals surface area contributed by atoms with E-state index in [0.717, 1.165) is 23.9 Å². The summed E-state index contributed by atoms with van der Waals surface area (Å²) in [5.74, 6) is 0. The largest absolute Gasteiger partial charge is 0.330 e. The van der Waals surface area contributed by atoms with Crippen LogP contribution in [0.25, 0.3) is 0 Å². The van der Waals surface area contributed by atoms with Crippen molar-refractivity contribution in [2.45, 2.75) is 12.8 Å². The summed E-state index contributed by atoms with van der Waals surface area (Å²) in [7, 11) is 0. The molecule has 2 N–H and O–H groups in total. The van der Waals surface area contributed by atoms with E-state index in [1.807, 2.05) is 6.07 Å². The van der Waals surface area contributed by atoms with Crippen molar-refractivity contribution in [3.8, 4) is 0 Å². The molecule has 0 aliphatic rings. The van der Waals surface area contributed by atoms with Gasteiger partial charge in [0.15, 0.2) is 0 Å². The summed E-state index contributed by atoms with van der Waals surface area (Å²) < 4.78 is 2.29. The molecular weight excluding hydrogens is 282 g/mol. The zero-order chi connectivity index (χ0) is 8.97. The Labute approximate surface area is 89.6 Å². The van der Waals surface area contributed by atoms with Crippen LogP contribution in [0.2, 0.25) is 0 Å². The van der Waals surface area contributed by atoms with Crippen LogP contribution in [0.1, 0.15) is 12.0 Å². The molecule has 0 spiro atoms. The predicted molar refractivity (Wildman–Crippen MR) is 59.2 cm³/mol. The van der Waals surface area contributed by atoms with Gasteiger partial charge in [0.25, 0.3) is 0 Å². The van der Waals surface area contributed by atoms with E-state index in [9.17, 15) is 0 Å². The van der Waals surface area contributed by atoms with Crippen molar-refractivity contribution in [3.63, 3.8) is 0 Å². The topological polar surface area (TPSA) is 26.0 Å². The Balaban J connectivity index is 2.75. The van der Waals surface area contributed by atoms with E-state index in [-0.39, 0.29) is 0 Å². The standard InChI is InChI=1S/C9H11Br2N/c10-8-3-4-9(11)7(6-8)2-1-5-12/h3-4,6H,1-2,5,12H2. The number of aryl methyl sites for hydroxylation is 1. The van der Waals surface area contributed by atoms with Crippen molar-refractivity contribution in [1.29, 1.82) is 0 Å². The summed E-state index contributed by atoms with van der Waals surface area (Å²) in [5.41, 5.74) is 6.75. The zero-order valence-corrected chi connectivity index (χ0v) is 9.86. The molecule has 0 unspecified atom stereocenters. The van der Waals surface area contributed by atoms with Gasteiger partial charge < -0.3 is 5.73 Å². The van der Waals surface area contributed by atoms with Gasteiger partial charge in [0.05, 0.1) is 0 Å². The highest BCUT2D eigenvalue weighted by atomic mass is 79.9. The molecular formula is C9H11Br2N. The molecule has 1 aromatic carbocycles. The Morgan fingerprint density at radius 3 is 2.67 bits per heavy atom. The molecule has 0 saturated carbocycles. The van der Waals surface area contributed by atoms with Crippen molar-refractivity contribution in [3.05, 3.63) is 32.7 Å². The fourth-order valence-electron chi connectivity index (χ4n) is 1.03. The Morgan fingerprint density at radius 1 is 1.25 bits per heavy atom. The lowest BCUT2D eigenvalue weighted by atomic mass is 10.1. The first-order valence-electron chi connectivity index (χ1n) is 3.88. The minimum absolute atomic E-state index is 0.749. The van der Waals surface area contributed by atoms with Crippen LogP contribution in [0.5, 0.6) is 0 Å². The molecule has 0 aliphatic carbocycles. The third kappa shape index (κ3) is 2.88. The fourth-order valence-corrected chi connectivity index (χ4v) is 1.88. The lowest BCUT2D eigenvalue weighted by Crippen LogP contribution is -2.00. The second kappa shape index (κ2) is 5.00. The van der Waals surface area contributed by atoms with Gasteiger partial charge >= 0.3 is 0 Å². The molecule has 12 heavy (non-hydrogen) atoms. The molecule has 0 heterocycles. The summed E-state index contributed by atoms with van der Waals surface area (Å²) >= 11 is 6.94. The molecule has 0 fully saturated rings. The highest BCUT2D eigenvalue weighted by molar-refractivity contribution is 9.11. The fraction of sp³-hybridized carbons (Fsp3) is 0.333. The van der Waals surface area contributed by atoms with E-state index in [0.29, 0.717) is 0 Å². The van der Waals surface area contributed by atoms with Gasteiger partial charge in [0.1, 0.15) is 0 Å². The van der Waals surface area contributed by atoms with Gasteiger partial charge in [-0.2, -0.15) is 0 Å². The summed E-state index contributed by atoms with van der Waals surface area (Å²) in [6.45, 7) is 0.749. The molecule has 1 rings (SSSR count). The maximum Gasteiger partial charge on any atom is 0.0208 e. The predicted octanol–water partition coefficient (Wildman–Crippen LogP) is 3.10. The quantitative estimate of drug-likeness (QED) is 0.910. The van der Waals surface area contributed by atoms with Gasteiger partial charge in [-0.15, -0.1) is 0 Å². The van der Waals surface area contributed by atoms with Crippen LogP contribution in [0, 0.1) is 0 Å². The second-order valence-electron chi connectivity index (χ2n) is 2.63. The Kier molecular flexibility index (Phi) is 4.26. The average molecular weight is 293 g/mol. The first kappa shape index (κ1) is 10.2. The molecule has 0 saturated heterocycles. The average Bonchev–Trinajstić information content (AvgIpc) is 2.07. The number of hydrogen-bond acceptors (Lipinski definition) is 1. The highest BCUT2D eigenvalue weighted by Crippen LogP contribution is 2.22. The van der Waals surface area contributed by atoms with Crippen molar-refractivity contribution in [2.75, 3.05) is 6.54 Å². The van der Waals surface area contributed by atoms with Crippen LogP contribution in [0.15, 0.2) is 27.1 Å². The summed E-state index contributed by atoms with van der Waals surface area (Å²) in [4.78, 5) is 0. The van der Waals surface area contributed by atoms with Crippen molar-refractivity contribution in [1.82, 2.24) is 0 Å². The number of benzene rings is 1. The number of hydrogen-bond donors (Lipinski definition) is 1. The van der Waals surface area contributed by atoms with Crippen molar-refractivity contribution < 1.29 is 0 Å². The third-order valence-electron chi connectivity index (χ3n) is 1.66. The Hall–Kier alpha value is 0.140. The van der Waals surface area contributed by atoms with Crippen LogP contribution >= 0.6 is 31.9 Å². The van der Waals surface area contributed by atoms with Gasteiger partial charge in [0, 0.05) is 8.95 Å². The van der Waals surface area contributed by atoms with Crippen molar-refractivity contribution >= 4 is 31.9 Å². The van der Waals surface area contributed by atoms with Crippen LogP contribution in [0.3, 0.4) is 0 Å². The van der Waals surface area contributed by atoms with E-state index < -0.39 is 0 Å². The molecule has 1 aromatic rings. The monoisotopic (exact) mass is 291 g/mol. The van der Waals surface area contributed by atoms with Gasteiger partial charge in [-0.3, -0.25) is 0 Å². The smallest absolute Gasteiger partial charge is 0.0208 e. The van der Waals surface area contributed by atoms with E-state index in [4.69, 9.17) is 5.73 Å². The summed E-state index contributed by atoms with van der Waals surface area (Å²) in [6, 6.07) is 6.20. The normalized spacial score (nSPS) is 10.2. The van der Waals surface area contributed by atoms with Gasteiger partial charge in [0.2, 0.25) is 0 Å². The zero-order valence-electron chi connectivity index (χ0n) is 6.69. The van der Waals surface area contributed by atoms with E-state index >= 15 is 0 Å². The van der Waals surface area contributed by atoms with E-state index in [1.165, 1.54) is 10.0 Å². The molecule has 0 atom stereocenters. The maximum absolute atomic E-state index is 5.44. The number of rotatable bonds is 3. The highest BCUT2D eigenvalue weighted by Gasteiger charge is 1.99. The van der Waals surface area contributed by atoms with Gasteiger partial charge in [-0.05, 0) is 43.1 Å². The van der Waals surface area contributed by atoms with Gasteiger partial charge in [-0.25, -0.2) is 0 Å². The molecule has 0 radical (unpaired) electrons. The first-order valence-corrected chi connectivity index (χ1v) is 5.46. The molecule has 3 heteroatoms. The van der Waals surface area contributed by atoms with E-state index in [1.54, 1.807) is 0 Å². The number of nitrogens with two attached hydrogens (primary N) is 1.